The van der Waals surface area contributed by atoms with Crippen molar-refractivity contribution in [2.45, 2.75) is 13.5 Å². The molecule has 1 saturated heterocycles. The van der Waals surface area contributed by atoms with Gasteiger partial charge in [-0.3, -0.25) is 0 Å². The van der Waals surface area contributed by atoms with Crippen LogP contribution in [0.2, 0.25) is 0 Å². The zero-order valence-electron chi connectivity index (χ0n) is 13.9. The number of hydrogen-bond donors (Lipinski definition) is 2. The number of hydrogen-bond acceptors (Lipinski definition) is 1. The van der Waals surface area contributed by atoms with Gasteiger partial charge < -0.3 is 15.1 Å². The van der Waals surface area contributed by atoms with Gasteiger partial charge in [-0.05, 0) is 49.0 Å². The van der Waals surface area contributed by atoms with Gasteiger partial charge in [0.25, 0.3) is 0 Å². The minimum atomic E-state index is -0.236. The lowest BCUT2D eigenvalue weighted by Crippen LogP contribution is -3.13. The molecule has 126 valence electrons. The summed E-state index contributed by atoms with van der Waals surface area (Å²) in [5.74, 6) is -0.236. The van der Waals surface area contributed by atoms with Crippen LogP contribution in [0.25, 0.3) is 0 Å². The Morgan fingerprint density at radius 2 is 1.79 bits per heavy atom. The molecule has 5 heteroatoms. The molecule has 0 amide bonds. The molecule has 3 nitrogen and oxygen atoms in total. The first-order valence-corrected chi connectivity index (χ1v) is 8.72. The molecule has 0 unspecified atom stereocenters. The molecule has 1 fully saturated rings. The lowest BCUT2D eigenvalue weighted by Gasteiger charge is -2.34. The van der Waals surface area contributed by atoms with Crippen LogP contribution in [-0.4, -0.2) is 36.2 Å². The molecule has 24 heavy (non-hydrogen) atoms. The van der Waals surface area contributed by atoms with Crippen LogP contribution in [0.4, 0.5) is 10.1 Å². The van der Waals surface area contributed by atoms with Crippen LogP contribution < -0.4 is 10.2 Å². The molecule has 0 bridgehead atoms. The van der Waals surface area contributed by atoms with Crippen LogP contribution in [0.3, 0.4) is 0 Å². The van der Waals surface area contributed by atoms with Crippen molar-refractivity contribution in [3.05, 3.63) is 65.5 Å². The highest BCUT2D eigenvalue weighted by Gasteiger charge is 2.22. The largest absolute Gasteiger partial charge is 0.338 e. The van der Waals surface area contributed by atoms with Gasteiger partial charge in [-0.1, -0.05) is 24.3 Å². The van der Waals surface area contributed by atoms with Crippen LogP contribution in [0, 0.1) is 12.7 Å². The predicted octanol–water partition coefficient (Wildman–Crippen LogP) is 2.23. The molecule has 0 atom stereocenters. The molecule has 0 radical (unpaired) electrons. The second kappa shape index (κ2) is 7.73. The Morgan fingerprint density at radius 1 is 1.12 bits per heavy atom. The Hall–Kier alpha value is -1.98. The summed E-state index contributed by atoms with van der Waals surface area (Å²) >= 11 is 5.49. The van der Waals surface area contributed by atoms with E-state index in [0.717, 1.165) is 43.5 Å². The zero-order chi connectivity index (χ0) is 16.9. The summed E-state index contributed by atoms with van der Waals surface area (Å²) in [4.78, 5) is 3.78. The van der Waals surface area contributed by atoms with Gasteiger partial charge in [0.05, 0.1) is 26.2 Å². The van der Waals surface area contributed by atoms with Crippen molar-refractivity contribution in [3.63, 3.8) is 0 Å². The number of benzene rings is 2. The molecular weight excluding hydrogens is 321 g/mol. The molecule has 0 aromatic heterocycles. The highest BCUT2D eigenvalue weighted by atomic mass is 32.1. The van der Waals surface area contributed by atoms with Crippen molar-refractivity contribution in [3.8, 4) is 0 Å². The first kappa shape index (κ1) is 16.9. The Balaban J connectivity index is 1.50. The third-order valence-corrected chi connectivity index (χ3v) is 4.92. The van der Waals surface area contributed by atoms with E-state index in [-0.39, 0.29) is 5.82 Å². The smallest absolute Gasteiger partial charge is 0.173 e. The van der Waals surface area contributed by atoms with Gasteiger partial charge in [0.1, 0.15) is 12.4 Å². The Kier molecular flexibility index (Phi) is 5.43. The van der Waals surface area contributed by atoms with Gasteiger partial charge in [0.15, 0.2) is 5.11 Å². The molecular formula is C19H23FN3S+. The van der Waals surface area contributed by atoms with Gasteiger partial charge in [0.2, 0.25) is 0 Å². The molecule has 2 N–H and O–H groups in total. The zero-order valence-corrected chi connectivity index (χ0v) is 14.7. The Labute approximate surface area is 148 Å². The van der Waals surface area contributed by atoms with Gasteiger partial charge >= 0.3 is 0 Å². The number of piperazine rings is 1. The molecule has 1 aliphatic heterocycles. The van der Waals surface area contributed by atoms with E-state index in [2.05, 4.69) is 41.4 Å². The number of thiocarbonyl (C=S) groups is 1. The number of nitrogens with one attached hydrogen (secondary N) is 2. The summed E-state index contributed by atoms with van der Waals surface area (Å²) in [5.41, 5.74) is 3.62. The average Bonchev–Trinajstić information content (AvgIpc) is 2.59. The summed E-state index contributed by atoms with van der Waals surface area (Å²) in [7, 11) is 0. The maximum atomic E-state index is 13.0. The molecule has 2 aromatic carbocycles. The summed E-state index contributed by atoms with van der Waals surface area (Å²) in [5, 5.41) is 3.91. The van der Waals surface area contributed by atoms with Crippen molar-refractivity contribution >= 4 is 23.0 Å². The van der Waals surface area contributed by atoms with Gasteiger partial charge in [-0.25, -0.2) is 4.39 Å². The van der Waals surface area contributed by atoms with Gasteiger partial charge in [0, 0.05) is 11.3 Å². The minimum absolute atomic E-state index is 0.236. The maximum absolute atomic E-state index is 13.0. The van der Waals surface area contributed by atoms with Crippen molar-refractivity contribution in [2.24, 2.45) is 0 Å². The molecule has 0 aliphatic carbocycles. The van der Waals surface area contributed by atoms with Gasteiger partial charge in [-0.15, -0.1) is 0 Å². The average molecular weight is 344 g/mol. The van der Waals surface area contributed by atoms with E-state index in [1.165, 1.54) is 23.3 Å². The lowest BCUT2D eigenvalue weighted by molar-refractivity contribution is -0.917. The second-order valence-corrected chi connectivity index (χ2v) is 6.66. The normalized spacial score (nSPS) is 15.3. The second-order valence-electron chi connectivity index (χ2n) is 6.28. The fraction of sp³-hybridized carbons (Fsp3) is 0.316. The molecule has 0 spiro atoms. The van der Waals surface area contributed by atoms with Crippen LogP contribution in [-0.2, 0) is 6.54 Å². The van der Waals surface area contributed by atoms with Crippen molar-refractivity contribution in [2.75, 3.05) is 31.5 Å². The Morgan fingerprint density at radius 3 is 2.46 bits per heavy atom. The monoisotopic (exact) mass is 344 g/mol. The lowest BCUT2D eigenvalue weighted by atomic mass is 10.1. The van der Waals surface area contributed by atoms with E-state index in [1.54, 1.807) is 17.0 Å². The number of nitrogens with zero attached hydrogens (tertiary/aromatic N) is 1. The summed E-state index contributed by atoms with van der Waals surface area (Å²) in [6.45, 7) is 7.26. The Bertz CT molecular complexity index is 694. The highest BCUT2D eigenvalue weighted by Crippen LogP contribution is 2.10. The molecule has 1 aliphatic rings. The first-order chi connectivity index (χ1) is 11.6. The number of quaternary nitrogens is 1. The van der Waals surface area contributed by atoms with Gasteiger partial charge in [-0.2, -0.15) is 0 Å². The number of halogens is 1. The fourth-order valence-corrected chi connectivity index (χ4v) is 3.32. The molecule has 0 saturated carbocycles. The summed E-state index contributed by atoms with van der Waals surface area (Å²) < 4.78 is 13.0. The highest BCUT2D eigenvalue weighted by molar-refractivity contribution is 7.80. The van der Waals surface area contributed by atoms with E-state index in [1.807, 2.05) is 0 Å². The number of rotatable bonds is 3. The molecule has 2 aromatic rings. The predicted molar refractivity (Wildman–Crippen MR) is 99.8 cm³/mol. The standard InChI is InChI=1S/C19H22FN3S/c1-15-4-2-3-5-16(15)14-22-10-12-23(13-11-22)19(24)21-18-8-6-17(20)7-9-18/h2-9H,10-14H2,1H3,(H,21,24)/p+1. The van der Waals surface area contributed by atoms with E-state index >= 15 is 0 Å². The van der Waals surface area contributed by atoms with Crippen LogP contribution in [0.15, 0.2) is 48.5 Å². The molecule has 1 heterocycles. The van der Waals surface area contributed by atoms with Crippen LogP contribution in [0.5, 0.6) is 0 Å². The quantitative estimate of drug-likeness (QED) is 0.833. The third-order valence-electron chi connectivity index (χ3n) is 4.55. The van der Waals surface area contributed by atoms with Crippen molar-refractivity contribution < 1.29 is 9.29 Å². The van der Waals surface area contributed by atoms with Crippen LogP contribution >= 0.6 is 12.2 Å². The fourth-order valence-electron chi connectivity index (χ4n) is 3.02. The summed E-state index contributed by atoms with van der Waals surface area (Å²) in [6, 6.07) is 14.9. The first-order valence-electron chi connectivity index (χ1n) is 8.31. The number of anilines is 1. The van der Waals surface area contributed by atoms with Crippen molar-refractivity contribution in [1.29, 1.82) is 0 Å². The number of aryl methyl sites for hydroxylation is 1. The van der Waals surface area contributed by atoms with E-state index in [0.29, 0.717) is 0 Å². The minimum Gasteiger partial charge on any atom is -0.338 e. The van der Waals surface area contributed by atoms with E-state index < -0.39 is 0 Å². The maximum Gasteiger partial charge on any atom is 0.173 e. The van der Waals surface area contributed by atoms with E-state index in [9.17, 15) is 4.39 Å². The van der Waals surface area contributed by atoms with Crippen molar-refractivity contribution in [1.82, 2.24) is 4.90 Å². The van der Waals surface area contributed by atoms with E-state index in [4.69, 9.17) is 12.2 Å². The summed E-state index contributed by atoms with van der Waals surface area (Å²) in [6.07, 6.45) is 0. The SMILES string of the molecule is Cc1ccccc1C[NH+]1CCN(C(=S)Nc2ccc(F)cc2)CC1. The molecule has 3 rings (SSSR count). The van der Waals surface area contributed by atoms with Crippen LogP contribution in [0.1, 0.15) is 11.1 Å². The topological polar surface area (TPSA) is 19.7 Å². The third kappa shape index (κ3) is 4.30.